The molecule has 2 unspecified atom stereocenters. The number of hydrogen-bond acceptors (Lipinski definition) is 3. The van der Waals surface area contributed by atoms with Crippen LogP contribution in [0.2, 0.25) is 0 Å². The summed E-state index contributed by atoms with van der Waals surface area (Å²) in [7, 11) is -3.71. The van der Waals surface area contributed by atoms with Gasteiger partial charge in [0.25, 0.3) is 0 Å². The summed E-state index contributed by atoms with van der Waals surface area (Å²) in [4.78, 5) is 0. The number of aromatic nitrogens is 1. The van der Waals surface area contributed by atoms with Crippen molar-refractivity contribution in [2.45, 2.75) is 44.5 Å². The lowest BCUT2D eigenvalue weighted by Gasteiger charge is -2.29. The van der Waals surface area contributed by atoms with Gasteiger partial charge in [0.1, 0.15) is 4.75 Å². The minimum absolute atomic E-state index is 0.201. The second-order valence-electron chi connectivity index (χ2n) is 8.24. The van der Waals surface area contributed by atoms with Gasteiger partial charge >= 0.3 is 0 Å². The van der Waals surface area contributed by atoms with E-state index in [-0.39, 0.29) is 6.61 Å². The minimum Gasteiger partial charge on any atom is -0.392 e. The lowest BCUT2D eigenvalue weighted by atomic mass is 9.91. The topological polar surface area (TPSA) is 59.3 Å². The molecule has 0 aliphatic heterocycles. The molecule has 2 aliphatic carbocycles. The minimum atomic E-state index is -3.71. The Kier molecular flexibility index (Phi) is 5.13. The van der Waals surface area contributed by atoms with Gasteiger partial charge in [-0.2, -0.15) is 0 Å². The highest BCUT2D eigenvalue weighted by atomic mass is 32.2. The van der Waals surface area contributed by atoms with E-state index in [1.54, 1.807) is 13.1 Å². The average Bonchev–Trinajstić information content (AvgIpc) is 3.15. The number of fused-ring (bicyclic) bond motifs is 1. The van der Waals surface area contributed by atoms with Gasteiger partial charge in [-0.25, -0.2) is 12.4 Å². The van der Waals surface area contributed by atoms with Gasteiger partial charge in [0.05, 0.1) is 12.1 Å². The van der Waals surface area contributed by atoms with Gasteiger partial charge in [0.15, 0.2) is 0 Å². The van der Waals surface area contributed by atoms with Crippen molar-refractivity contribution in [2.24, 2.45) is 5.92 Å². The molecule has 152 valence electrons. The van der Waals surface area contributed by atoms with E-state index in [4.69, 9.17) is 0 Å². The Morgan fingerprint density at radius 2 is 1.97 bits per heavy atom. The maximum atomic E-state index is 13.7. The number of aliphatic hydroxyl groups excluding tert-OH is 1. The smallest absolute Gasteiger partial charge is 0.248 e. The summed E-state index contributed by atoms with van der Waals surface area (Å²) >= 11 is 0. The highest BCUT2D eigenvalue weighted by Crippen LogP contribution is 2.35. The summed E-state index contributed by atoms with van der Waals surface area (Å²) in [6.07, 6.45) is 18.1. The molecule has 0 amide bonds. The third kappa shape index (κ3) is 3.43. The standard InChI is InChI=1S/C24H27NO3S/c1-18-7-6-13-24(2,16-18)29(27,28)25-14-12-22-20(10-11-21(17-26)23(22)25)15-19-8-4-3-5-9-19/h3-8,10-12,14,16,19,26H,9,13,15,17H2,1-2H3. The van der Waals surface area contributed by atoms with E-state index in [0.29, 0.717) is 23.4 Å². The number of hydrogen-bond donors (Lipinski definition) is 1. The first-order chi connectivity index (χ1) is 13.9. The van der Waals surface area contributed by atoms with Crippen molar-refractivity contribution in [2.75, 3.05) is 0 Å². The van der Waals surface area contributed by atoms with E-state index < -0.39 is 14.8 Å². The summed E-state index contributed by atoms with van der Waals surface area (Å²) in [5.41, 5.74) is 3.28. The monoisotopic (exact) mass is 409 g/mol. The maximum Gasteiger partial charge on any atom is 0.248 e. The first-order valence-electron chi connectivity index (χ1n) is 10.0. The fourth-order valence-corrected chi connectivity index (χ4v) is 6.17. The Morgan fingerprint density at radius 3 is 2.66 bits per heavy atom. The van der Waals surface area contributed by atoms with Gasteiger partial charge in [-0.05, 0) is 50.7 Å². The quantitative estimate of drug-likeness (QED) is 0.782. The van der Waals surface area contributed by atoms with E-state index in [1.807, 2.05) is 43.4 Å². The fourth-order valence-electron chi connectivity index (χ4n) is 4.40. The predicted octanol–water partition coefficient (Wildman–Crippen LogP) is 4.65. The zero-order chi connectivity index (χ0) is 20.6. The first-order valence-corrected chi connectivity index (χ1v) is 11.5. The number of benzene rings is 1. The summed E-state index contributed by atoms with van der Waals surface area (Å²) < 4.78 is 27.7. The highest BCUT2D eigenvalue weighted by molar-refractivity contribution is 7.91. The van der Waals surface area contributed by atoms with E-state index in [2.05, 4.69) is 24.3 Å². The lowest BCUT2D eigenvalue weighted by molar-refractivity contribution is 0.283. The van der Waals surface area contributed by atoms with Crippen molar-refractivity contribution < 1.29 is 13.5 Å². The van der Waals surface area contributed by atoms with E-state index in [1.165, 1.54) is 3.97 Å². The summed E-state index contributed by atoms with van der Waals surface area (Å²) in [6.45, 7) is 3.48. The van der Waals surface area contributed by atoms with Crippen LogP contribution in [-0.4, -0.2) is 22.2 Å². The van der Waals surface area contributed by atoms with Gasteiger partial charge in [0.2, 0.25) is 10.0 Å². The van der Waals surface area contributed by atoms with Crippen LogP contribution in [0.4, 0.5) is 0 Å². The van der Waals surface area contributed by atoms with E-state index >= 15 is 0 Å². The SMILES string of the molecule is CC1=CC(C)(S(=O)(=O)n2ccc3c(CC4C=CC=CC4)ccc(CO)c32)CC=C1. The normalized spacial score (nSPS) is 24.2. The third-order valence-electron chi connectivity index (χ3n) is 5.99. The molecule has 2 aromatic rings. The van der Waals surface area contributed by atoms with Crippen molar-refractivity contribution in [3.63, 3.8) is 0 Å². The molecular formula is C24H27NO3S. The molecule has 2 aliphatic rings. The van der Waals surface area contributed by atoms with E-state index in [9.17, 15) is 13.5 Å². The molecule has 0 spiro atoms. The second kappa shape index (κ2) is 7.47. The van der Waals surface area contributed by atoms with Crippen LogP contribution in [0.3, 0.4) is 0 Å². The van der Waals surface area contributed by atoms with Crippen LogP contribution in [-0.2, 0) is 23.1 Å². The van der Waals surface area contributed by atoms with Gasteiger partial charge in [-0.3, -0.25) is 0 Å². The highest BCUT2D eigenvalue weighted by Gasteiger charge is 2.39. The third-order valence-corrected chi connectivity index (χ3v) is 8.28. The maximum absolute atomic E-state index is 13.7. The second-order valence-corrected chi connectivity index (χ2v) is 10.5. The van der Waals surface area contributed by atoms with Crippen molar-refractivity contribution >= 4 is 20.9 Å². The summed E-state index contributed by atoms with van der Waals surface area (Å²) in [5.74, 6) is 0.398. The van der Waals surface area contributed by atoms with E-state index in [0.717, 1.165) is 29.4 Å². The van der Waals surface area contributed by atoms with Gasteiger partial charge in [0, 0.05) is 17.1 Å². The number of aliphatic hydroxyl groups is 1. The lowest BCUT2D eigenvalue weighted by Crippen LogP contribution is -2.38. The molecule has 4 rings (SSSR count). The Bertz CT molecular complexity index is 1160. The zero-order valence-electron chi connectivity index (χ0n) is 16.9. The number of nitrogens with zero attached hydrogens (tertiary/aromatic N) is 1. The van der Waals surface area contributed by atoms with Crippen molar-refractivity contribution in [3.05, 3.63) is 83.6 Å². The molecule has 1 aromatic heterocycles. The van der Waals surface area contributed by atoms with Crippen LogP contribution < -0.4 is 0 Å². The van der Waals surface area contributed by atoms with Crippen molar-refractivity contribution in [1.29, 1.82) is 0 Å². The molecule has 0 saturated carbocycles. The molecule has 1 N–H and O–H groups in total. The fraction of sp³-hybridized carbons (Fsp3) is 0.333. The van der Waals surface area contributed by atoms with Crippen LogP contribution in [0.15, 0.2) is 72.5 Å². The Morgan fingerprint density at radius 1 is 1.17 bits per heavy atom. The molecule has 0 fully saturated rings. The molecule has 1 aromatic carbocycles. The van der Waals surface area contributed by atoms with Gasteiger partial charge in [-0.1, -0.05) is 60.2 Å². The largest absolute Gasteiger partial charge is 0.392 e. The molecule has 29 heavy (non-hydrogen) atoms. The zero-order valence-corrected chi connectivity index (χ0v) is 17.7. The Labute approximate surface area is 172 Å². The average molecular weight is 410 g/mol. The summed E-state index contributed by atoms with van der Waals surface area (Å²) in [5, 5.41) is 10.8. The molecule has 0 bridgehead atoms. The van der Waals surface area contributed by atoms with Crippen LogP contribution in [0.1, 0.15) is 37.8 Å². The van der Waals surface area contributed by atoms with Gasteiger partial charge < -0.3 is 5.11 Å². The molecule has 4 nitrogen and oxygen atoms in total. The van der Waals surface area contributed by atoms with Crippen molar-refractivity contribution in [3.8, 4) is 0 Å². The Hall–Kier alpha value is -2.37. The summed E-state index contributed by atoms with van der Waals surface area (Å²) in [6, 6.07) is 5.75. The van der Waals surface area contributed by atoms with Crippen LogP contribution >= 0.6 is 0 Å². The Balaban J connectivity index is 1.84. The number of allylic oxidation sites excluding steroid dienone is 7. The molecule has 0 saturated heterocycles. The molecule has 2 atom stereocenters. The molecule has 1 heterocycles. The van der Waals surface area contributed by atoms with Crippen LogP contribution in [0.25, 0.3) is 10.9 Å². The molecular weight excluding hydrogens is 382 g/mol. The van der Waals surface area contributed by atoms with Gasteiger partial charge in [-0.15, -0.1) is 0 Å². The molecule has 5 heteroatoms. The van der Waals surface area contributed by atoms with Crippen LogP contribution in [0.5, 0.6) is 0 Å². The predicted molar refractivity (Wildman–Crippen MR) is 118 cm³/mol. The molecule has 0 radical (unpaired) electrons. The first kappa shape index (κ1) is 19.9. The van der Waals surface area contributed by atoms with Crippen molar-refractivity contribution in [1.82, 2.24) is 3.97 Å². The number of rotatable bonds is 5. The van der Waals surface area contributed by atoms with Crippen LogP contribution in [0, 0.1) is 5.92 Å².